The molecular weight excluding hydrogens is 223 g/mol. The SMILES string of the molecule is CC(N)CCSCc1cccc(C#N)c1F. The highest BCUT2D eigenvalue weighted by atomic mass is 32.2. The molecule has 0 aliphatic carbocycles. The molecule has 1 unspecified atom stereocenters. The summed E-state index contributed by atoms with van der Waals surface area (Å²) in [7, 11) is 0. The third kappa shape index (κ3) is 3.84. The summed E-state index contributed by atoms with van der Waals surface area (Å²) in [4.78, 5) is 0. The van der Waals surface area contributed by atoms with Gasteiger partial charge in [0, 0.05) is 11.8 Å². The molecule has 1 aromatic rings. The summed E-state index contributed by atoms with van der Waals surface area (Å²) in [5, 5.41) is 8.67. The number of thioether (sulfide) groups is 1. The second-order valence-electron chi connectivity index (χ2n) is 3.71. The van der Waals surface area contributed by atoms with Gasteiger partial charge in [0.15, 0.2) is 0 Å². The maximum atomic E-state index is 13.6. The lowest BCUT2D eigenvalue weighted by molar-refractivity contribution is 0.613. The van der Waals surface area contributed by atoms with E-state index in [-0.39, 0.29) is 11.6 Å². The molecule has 1 aromatic carbocycles. The average molecular weight is 238 g/mol. The number of benzene rings is 1. The zero-order chi connectivity index (χ0) is 12.0. The van der Waals surface area contributed by atoms with Crippen molar-refractivity contribution in [1.29, 1.82) is 5.26 Å². The molecule has 0 amide bonds. The Kier molecular flexibility index (Phi) is 5.30. The van der Waals surface area contributed by atoms with E-state index in [0.29, 0.717) is 11.3 Å². The van der Waals surface area contributed by atoms with Crippen molar-refractivity contribution < 1.29 is 4.39 Å². The Morgan fingerprint density at radius 3 is 2.94 bits per heavy atom. The Morgan fingerprint density at radius 1 is 1.56 bits per heavy atom. The molecular formula is C12H15FN2S. The quantitative estimate of drug-likeness (QED) is 0.802. The fourth-order valence-electron chi connectivity index (χ4n) is 1.23. The van der Waals surface area contributed by atoms with Gasteiger partial charge < -0.3 is 5.73 Å². The highest BCUT2D eigenvalue weighted by Gasteiger charge is 2.07. The summed E-state index contributed by atoms with van der Waals surface area (Å²) >= 11 is 1.64. The maximum absolute atomic E-state index is 13.6. The van der Waals surface area contributed by atoms with Crippen LogP contribution in [0.4, 0.5) is 4.39 Å². The molecule has 0 spiro atoms. The predicted octanol–water partition coefficient (Wildman–Crippen LogP) is 2.67. The lowest BCUT2D eigenvalue weighted by Gasteiger charge is -2.06. The van der Waals surface area contributed by atoms with Crippen LogP contribution in [-0.2, 0) is 5.75 Å². The summed E-state index contributed by atoms with van der Waals surface area (Å²) in [5.41, 5.74) is 6.32. The van der Waals surface area contributed by atoms with Gasteiger partial charge in [-0.25, -0.2) is 4.39 Å². The zero-order valence-corrected chi connectivity index (χ0v) is 10.1. The van der Waals surface area contributed by atoms with Crippen molar-refractivity contribution in [3.63, 3.8) is 0 Å². The van der Waals surface area contributed by atoms with Crippen molar-refractivity contribution in [1.82, 2.24) is 0 Å². The zero-order valence-electron chi connectivity index (χ0n) is 9.24. The standard InChI is InChI=1S/C12H15FN2S/c1-9(15)5-6-16-8-11-4-2-3-10(7-14)12(11)13/h2-4,9H,5-6,8,15H2,1H3. The average Bonchev–Trinajstić information content (AvgIpc) is 2.26. The fourth-order valence-corrected chi connectivity index (χ4v) is 2.35. The summed E-state index contributed by atoms with van der Waals surface area (Å²) in [5.74, 6) is 1.11. The molecule has 16 heavy (non-hydrogen) atoms. The second kappa shape index (κ2) is 6.51. The van der Waals surface area contributed by atoms with E-state index in [4.69, 9.17) is 11.0 Å². The van der Waals surface area contributed by atoms with E-state index < -0.39 is 5.82 Å². The Morgan fingerprint density at radius 2 is 2.31 bits per heavy atom. The van der Waals surface area contributed by atoms with Crippen molar-refractivity contribution >= 4 is 11.8 Å². The summed E-state index contributed by atoms with van der Waals surface area (Å²) < 4.78 is 13.6. The van der Waals surface area contributed by atoms with Crippen molar-refractivity contribution in [3.05, 3.63) is 35.1 Å². The fraction of sp³-hybridized carbons (Fsp3) is 0.417. The molecule has 0 aromatic heterocycles. The second-order valence-corrected chi connectivity index (χ2v) is 4.81. The van der Waals surface area contributed by atoms with Gasteiger partial charge >= 0.3 is 0 Å². The van der Waals surface area contributed by atoms with Crippen LogP contribution in [0.3, 0.4) is 0 Å². The molecule has 0 saturated heterocycles. The molecule has 0 radical (unpaired) electrons. The normalized spacial score (nSPS) is 12.1. The van der Waals surface area contributed by atoms with E-state index in [1.54, 1.807) is 23.9 Å². The molecule has 1 atom stereocenters. The van der Waals surface area contributed by atoms with Crippen LogP contribution in [0.5, 0.6) is 0 Å². The van der Waals surface area contributed by atoms with Crippen molar-refractivity contribution in [3.8, 4) is 6.07 Å². The van der Waals surface area contributed by atoms with E-state index in [1.807, 2.05) is 13.0 Å². The first-order valence-corrected chi connectivity index (χ1v) is 6.31. The summed E-state index contributed by atoms with van der Waals surface area (Å²) in [6.07, 6.45) is 0.921. The highest BCUT2D eigenvalue weighted by molar-refractivity contribution is 7.98. The molecule has 0 saturated carbocycles. The Balaban J connectivity index is 2.52. The molecule has 1 rings (SSSR count). The molecule has 0 aliphatic heterocycles. The number of nitriles is 1. The topological polar surface area (TPSA) is 49.8 Å². The van der Waals surface area contributed by atoms with Crippen LogP contribution in [0.2, 0.25) is 0 Å². The van der Waals surface area contributed by atoms with E-state index in [1.165, 1.54) is 6.07 Å². The first-order valence-electron chi connectivity index (χ1n) is 5.16. The van der Waals surface area contributed by atoms with Gasteiger partial charge in [-0.15, -0.1) is 0 Å². The minimum Gasteiger partial charge on any atom is -0.328 e. The van der Waals surface area contributed by atoms with Gasteiger partial charge in [0.05, 0.1) is 5.56 Å². The molecule has 86 valence electrons. The number of hydrogen-bond donors (Lipinski definition) is 1. The first-order chi connectivity index (χ1) is 7.65. The van der Waals surface area contributed by atoms with Gasteiger partial charge in [-0.3, -0.25) is 0 Å². The maximum Gasteiger partial charge on any atom is 0.144 e. The Bertz CT molecular complexity index is 385. The monoisotopic (exact) mass is 238 g/mol. The Hall–Kier alpha value is -1.05. The predicted molar refractivity (Wildman–Crippen MR) is 65.5 cm³/mol. The van der Waals surface area contributed by atoms with Gasteiger partial charge in [-0.2, -0.15) is 17.0 Å². The molecule has 0 aliphatic rings. The Labute approximate surface area is 99.6 Å². The number of hydrogen-bond acceptors (Lipinski definition) is 3. The third-order valence-electron chi connectivity index (χ3n) is 2.17. The number of rotatable bonds is 5. The molecule has 2 nitrogen and oxygen atoms in total. The molecule has 2 N–H and O–H groups in total. The van der Waals surface area contributed by atoms with E-state index in [0.717, 1.165) is 12.2 Å². The minimum atomic E-state index is -0.390. The lowest BCUT2D eigenvalue weighted by Crippen LogP contribution is -2.15. The van der Waals surface area contributed by atoms with Crippen LogP contribution in [0.25, 0.3) is 0 Å². The van der Waals surface area contributed by atoms with E-state index >= 15 is 0 Å². The van der Waals surface area contributed by atoms with Crippen LogP contribution in [-0.4, -0.2) is 11.8 Å². The van der Waals surface area contributed by atoms with Crippen LogP contribution in [0.1, 0.15) is 24.5 Å². The van der Waals surface area contributed by atoms with Gasteiger partial charge in [-0.05, 0) is 30.7 Å². The molecule has 0 fully saturated rings. The highest BCUT2D eigenvalue weighted by Crippen LogP contribution is 2.18. The molecule has 4 heteroatoms. The van der Waals surface area contributed by atoms with E-state index in [9.17, 15) is 4.39 Å². The molecule has 0 bridgehead atoms. The first kappa shape index (κ1) is 13.0. The van der Waals surface area contributed by atoms with Gasteiger partial charge in [-0.1, -0.05) is 12.1 Å². The minimum absolute atomic E-state index is 0.116. The molecule has 0 heterocycles. The van der Waals surface area contributed by atoms with Crippen LogP contribution in [0, 0.1) is 17.1 Å². The van der Waals surface area contributed by atoms with Crippen LogP contribution in [0.15, 0.2) is 18.2 Å². The van der Waals surface area contributed by atoms with Crippen molar-refractivity contribution in [2.75, 3.05) is 5.75 Å². The van der Waals surface area contributed by atoms with Crippen LogP contribution >= 0.6 is 11.8 Å². The van der Waals surface area contributed by atoms with Crippen molar-refractivity contribution in [2.24, 2.45) is 5.73 Å². The lowest BCUT2D eigenvalue weighted by atomic mass is 10.1. The third-order valence-corrected chi connectivity index (χ3v) is 3.21. The van der Waals surface area contributed by atoms with Gasteiger partial charge in [0.2, 0.25) is 0 Å². The summed E-state index contributed by atoms with van der Waals surface area (Å²) in [6.45, 7) is 1.96. The number of halogens is 1. The number of nitrogens with zero attached hydrogens (tertiary/aromatic N) is 1. The van der Waals surface area contributed by atoms with Crippen LogP contribution < -0.4 is 5.73 Å². The van der Waals surface area contributed by atoms with Crippen molar-refractivity contribution in [2.45, 2.75) is 25.1 Å². The number of nitrogens with two attached hydrogens (primary N) is 1. The van der Waals surface area contributed by atoms with Gasteiger partial charge in [0.25, 0.3) is 0 Å². The van der Waals surface area contributed by atoms with Gasteiger partial charge in [0.1, 0.15) is 11.9 Å². The largest absolute Gasteiger partial charge is 0.328 e. The summed E-state index contributed by atoms with van der Waals surface area (Å²) in [6, 6.07) is 6.94. The van der Waals surface area contributed by atoms with E-state index in [2.05, 4.69) is 0 Å². The smallest absolute Gasteiger partial charge is 0.144 e.